The van der Waals surface area contributed by atoms with E-state index in [1.165, 1.54) is 0 Å². The van der Waals surface area contributed by atoms with Crippen LogP contribution in [0.2, 0.25) is 10.0 Å². The molecule has 1 aromatic heterocycles. The summed E-state index contributed by atoms with van der Waals surface area (Å²) in [5.74, 6) is 0.618. The van der Waals surface area contributed by atoms with Gasteiger partial charge in [0.15, 0.2) is 0 Å². The van der Waals surface area contributed by atoms with Gasteiger partial charge in [0.05, 0.1) is 12.7 Å². The van der Waals surface area contributed by atoms with E-state index in [2.05, 4.69) is 10.4 Å². The molecule has 0 aliphatic rings. The number of carbonyl (C=O) groups is 1. The van der Waals surface area contributed by atoms with Crippen LogP contribution in [0.4, 0.5) is 5.82 Å². The van der Waals surface area contributed by atoms with E-state index in [0.717, 1.165) is 31.2 Å². The molecule has 1 heterocycles. The van der Waals surface area contributed by atoms with Gasteiger partial charge < -0.3 is 11.1 Å². The lowest BCUT2D eigenvalue weighted by molar-refractivity contribution is -0.116. The molecular weight excluding hydrogens is 383 g/mol. The summed E-state index contributed by atoms with van der Waals surface area (Å²) in [6.07, 6.45) is 6.07. The van der Waals surface area contributed by atoms with Crippen LogP contribution in [-0.2, 0) is 11.3 Å². The maximum atomic E-state index is 12.1. The highest BCUT2D eigenvalue weighted by molar-refractivity contribution is 6.35. The number of unbranched alkanes of at least 4 members (excludes halogenated alkanes) is 3. The molecule has 0 saturated carbocycles. The molecule has 0 saturated heterocycles. The van der Waals surface area contributed by atoms with Crippen LogP contribution in [-0.4, -0.2) is 22.2 Å². The van der Waals surface area contributed by atoms with Gasteiger partial charge in [-0.2, -0.15) is 5.10 Å². The SMILES string of the molecule is Cl.NCCCCCCC(=O)Nc1ccnn1Cc1c(Cl)cccc1Cl. The van der Waals surface area contributed by atoms with Crippen molar-refractivity contribution >= 4 is 47.3 Å². The fourth-order valence-electron chi connectivity index (χ4n) is 2.39. The lowest BCUT2D eigenvalue weighted by Crippen LogP contribution is -2.16. The highest BCUT2D eigenvalue weighted by Gasteiger charge is 2.11. The number of hydrogen-bond acceptors (Lipinski definition) is 3. The summed E-state index contributed by atoms with van der Waals surface area (Å²) >= 11 is 12.4. The zero-order valence-electron chi connectivity index (χ0n) is 13.9. The van der Waals surface area contributed by atoms with E-state index in [4.69, 9.17) is 28.9 Å². The number of carbonyl (C=O) groups excluding carboxylic acids is 1. The molecule has 138 valence electrons. The predicted molar refractivity (Wildman–Crippen MR) is 106 cm³/mol. The van der Waals surface area contributed by atoms with Gasteiger partial charge in [0, 0.05) is 28.1 Å². The van der Waals surface area contributed by atoms with Gasteiger partial charge in [0.2, 0.25) is 5.91 Å². The van der Waals surface area contributed by atoms with Gasteiger partial charge in [-0.05, 0) is 31.5 Å². The third-order valence-electron chi connectivity index (χ3n) is 3.71. The molecule has 25 heavy (non-hydrogen) atoms. The van der Waals surface area contributed by atoms with Crippen LogP contribution in [0.3, 0.4) is 0 Å². The van der Waals surface area contributed by atoms with E-state index in [-0.39, 0.29) is 18.3 Å². The van der Waals surface area contributed by atoms with E-state index in [1.807, 2.05) is 0 Å². The fraction of sp³-hybridized carbons (Fsp3) is 0.412. The zero-order valence-corrected chi connectivity index (χ0v) is 16.2. The number of benzene rings is 1. The summed E-state index contributed by atoms with van der Waals surface area (Å²) in [6.45, 7) is 1.10. The molecule has 0 atom stereocenters. The van der Waals surface area contributed by atoms with Gasteiger partial charge in [0.1, 0.15) is 5.82 Å². The van der Waals surface area contributed by atoms with Gasteiger partial charge in [0.25, 0.3) is 0 Å². The first-order chi connectivity index (χ1) is 11.6. The second-order valence-corrected chi connectivity index (χ2v) is 6.39. The molecule has 2 aromatic rings. The maximum Gasteiger partial charge on any atom is 0.225 e. The average Bonchev–Trinajstić information content (AvgIpc) is 2.98. The molecule has 8 heteroatoms. The van der Waals surface area contributed by atoms with Crippen molar-refractivity contribution in [3.05, 3.63) is 46.1 Å². The molecule has 0 aliphatic carbocycles. The zero-order chi connectivity index (χ0) is 17.4. The molecule has 0 bridgehead atoms. The molecule has 5 nitrogen and oxygen atoms in total. The Morgan fingerprint density at radius 3 is 2.48 bits per heavy atom. The second-order valence-electron chi connectivity index (χ2n) is 5.58. The van der Waals surface area contributed by atoms with Crippen LogP contribution >= 0.6 is 35.6 Å². The second kappa shape index (κ2) is 11.4. The summed E-state index contributed by atoms with van der Waals surface area (Å²) in [5, 5.41) is 8.29. The standard InChI is InChI=1S/C17H22Cl2N4O.ClH/c18-14-6-5-7-15(19)13(14)12-23-16(9-11-21-23)22-17(24)8-3-1-2-4-10-20;/h5-7,9,11H,1-4,8,10,12,20H2,(H,22,24);1H. The van der Waals surface area contributed by atoms with Crippen LogP contribution in [0, 0.1) is 0 Å². The Balaban J connectivity index is 0.00000312. The minimum Gasteiger partial charge on any atom is -0.330 e. The molecular formula is C17H23Cl3N4O. The summed E-state index contributed by atoms with van der Waals surface area (Å²) in [6, 6.07) is 7.12. The number of aromatic nitrogens is 2. The minimum absolute atomic E-state index is 0. The van der Waals surface area contributed by atoms with Crippen molar-refractivity contribution in [1.29, 1.82) is 0 Å². The number of halogens is 3. The quantitative estimate of drug-likeness (QED) is 0.603. The summed E-state index contributed by atoms with van der Waals surface area (Å²) in [7, 11) is 0. The Hall–Kier alpha value is -1.27. The Morgan fingerprint density at radius 1 is 1.12 bits per heavy atom. The topological polar surface area (TPSA) is 72.9 Å². The van der Waals surface area contributed by atoms with E-state index in [1.54, 1.807) is 35.1 Å². The number of hydrogen-bond donors (Lipinski definition) is 2. The van der Waals surface area contributed by atoms with Crippen LogP contribution in [0.5, 0.6) is 0 Å². The van der Waals surface area contributed by atoms with Gasteiger partial charge in [-0.15, -0.1) is 12.4 Å². The number of amides is 1. The van der Waals surface area contributed by atoms with Crippen molar-refractivity contribution in [2.45, 2.75) is 38.6 Å². The number of nitrogens with zero attached hydrogens (tertiary/aromatic N) is 2. The Morgan fingerprint density at radius 2 is 1.80 bits per heavy atom. The summed E-state index contributed by atoms with van der Waals surface area (Å²) in [5.41, 5.74) is 6.23. The monoisotopic (exact) mass is 404 g/mol. The van der Waals surface area contributed by atoms with Crippen LogP contribution in [0.25, 0.3) is 0 Å². The lowest BCUT2D eigenvalue weighted by atomic mass is 10.1. The molecule has 0 radical (unpaired) electrons. The van der Waals surface area contributed by atoms with Gasteiger partial charge in [-0.25, -0.2) is 4.68 Å². The average molecular weight is 406 g/mol. The van der Waals surface area contributed by atoms with Gasteiger partial charge in [-0.3, -0.25) is 4.79 Å². The highest BCUT2D eigenvalue weighted by Crippen LogP contribution is 2.26. The molecule has 1 amide bonds. The normalized spacial score (nSPS) is 10.4. The van der Waals surface area contributed by atoms with Crippen molar-refractivity contribution < 1.29 is 4.79 Å². The number of anilines is 1. The van der Waals surface area contributed by atoms with E-state index < -0.39 is 0 Å². The minimum atomic E-state index is -0.0187. The number of rotatable bonds is 9. The Kier molecular flexibility index (Phi) is 9.90. The van der Waals surface area contributed by atoms with Crippen LogP contribution in [0.1, 0.15) is 37.7 Å². The maximum absolute atomic E-state index is 12.1. The van der Waals surface area contributed by atoms with Crippen molar-refractivity contribution in [1.82, 2.24) is 9.78 Å². The molecule has 0 aliphatic heterocycles. The smallest absolute Gasteiger partial charge is 0.225 e. The fourth-order valence-corrected chi connectivity index (χ4v) is 2.90. The lowest BCUT2D eigenvalue weighted by Gasteiger charge is -2.11. The number of nitrogens with one attached hydrogen (secondary N) is 1. The molecule has 0 unspecified atom stereocenters. The van der Waals surface area contributed by atoms with Crippen LogP contribution < -0.4 is 11.1 Å². The largest absolute Gasteiger partial charge is 0.330 e. The van der Waals surface area contributed by atoms with Crippen LogP contribution in [0.15, 0.2) is 30.5 Å². The molecule has 0 spiro atoms. The Labute approximate surface area is 164 Å². The summed E-state index contributed by atoms with van der Waals surface area (Å²) < 4.78 is 1.68. The van der Waals surface area contributed by atoms with E-state index in [9.17, 15) is 4.79 Å². The Bertz CT molecular complexity index is 655. The van der Waals surface area contributed by atoms with Gasteiger partial charge >= 0.3 is 0 Å². The highest BCUT2D eigenvalue weighted by atomic mass is 35.5. The third kappa shape index (κ3) is 6.86. The third-order valence-corrected chi connectivity index (χ3v) is 4.42. The molecule has 3 N–H and O–H groups in total. The molecule has 2 rings (SSSR count). The first-order valence-electron chi connectivity index (χ1n) is 8.06. The van der Waals surface area contributed by atoms with Gasteiger partial charge in [-0.1, -0.05) is 42.1 Å². The van der Waals surface area contributed by atoms with Crippen molar-refractivity contribution in [3.8, 4) is 0 Å². The van der Waals surface area contributed by atoms with E-state index >= 15 is 0 Å². The van der Waals surface area contributed by atoms with E-state index in [0.29, 0.717) is 35.4 Å². The van der Waals surface area contributed by atoms with Crippen molar-refractivity contribution in [2.75, 3.05) is 11.9 Å². The van der Waals surface area contributed by atoms with Crippen molar-refractivity contribution in [2.24, 2.45) is 5.73 Å². The molecule has 0 fully saturated rings. The number of nitrogens with two attached hydrogens (primary N) is 1. The first kappa shape index (κ1) is 21.8. The predicted octanol–water partition coefficient (Wildman–Crippen LogP) is 4.51. The summed E-state index contributed by atoms with van der Waals surface area (Å²) in [4.78, 5) is 12.1. The first-order valence-corrected chi connectivity index (χ1v) is 8.82. The van der Waals surface area contributed by atoms with Crippen molar-refractivity contribution in [3.63, 3.8) is 0 Å². The molecule has 1 aromatic carbocycles.